The van der Waals surface area contributed by atoms with E-state index in [1.165, 1.54) is 0 Å². The Morgan fingerprint density at radius 1 is 0.892 bits per heavy atom. The van der Waals surface area contributed by atoms with E-state index in [4.69, 9.17) is 9.51 Å². The first kappa shape index (κ1) is 23.4. The van der Waals surface area contributed by atoms with Crippen molar-refractivity contribution in [2.75, 3.05) is 11.4 Å². The molecule has 0 spiro atoms. The van der Waals surface area contributed by atoms with E-state index < -0.39 is 0 Å². The van der Waals surface area contributed by atoms with Crippen LogP contribution in [0.1, 0.15) is 34.3 Å². The second-order valence-electron chi connectivity index (χ2n) is 9.06. The average molecular weight is 554 g/mol. The van der Waals surface area contributed by atoms with Crippen molar-refractivity contribution in [2.45, 2.75) is 25.9 Å². The summed E-state index contributed by atoms with van der Waals surface area (Å²) in [5.74, 6) is 1.20. The van der Waals surface area contributed by atoms with Gasteiger partial charge in [0.05, 0.1) is 18.3 Å². The molecule has 0 unspecified atom stereocenters. The molecule has 5 aromatic rings. The lowest BCUT2D eigenvalue weighted by atomic mass is 9.97. The van der Waals surface area contributed by atoms with E-state index in [0.717, 1.165) is 32.4 Å². The number of anilines is 1. The van der Waals surface area contributed by atoms with E-state index in [-0.39, 0.29) is 11.6 Å². The number of aromatic nitrogens is 4. The molecule has 0 atom stereocenters. The number of fused-ring (bicyclic) bond motifs is 1. The maximum absolute atomic E-state index is 13.9. The van der Waals surface area contributed by atoms with Crippen molar-refractivity contribution >= 4 is 21.9 Å². The van der Waals surface area contributed by atoms with Crippen molar-refractivity contribution in [2.24, 2.45) is 0 Å². The van der Waals surface area contributed by atoms with Gasteiger partial charge in [-0.2, -0.15) is 4.98 Å². The summed E-state index contributed by atoms with van der Waals surface area (Å²) in [5.41, 5.74) is 4.47. The molecule has 0 fully saturated rings. The van der Waals surface area contributed by atoms with Crippen LogP contribution in [0, 0.1) is 6.92 Å². The molecule has 3 aromatic carbocycles. The zero-order chi connectivity index (χ0) is 25.4. The highest BCUT2D eigenvalue weighted by atomic mass is 79.9. The number of rotatable bonds is 5. The van der Waals surface area contributed by atoms with Gasteiger partial charge >= 0.3 is 6.01 Å². The molecule has 1 aliphatic rings. The van der Waals surface area contributed by atoms with Crippen LogP contribution >= 0.6 is 15.9 Å². The minimum Gasteiger partial charge on any atom is -0.318 e. The lowest BCUT2D eigenvalue weighted by molar-refractivity contribution is 0.409. The van der Waals surface area contributed by atoms with Gasteiger partial charge in [0.15, 0.2) is 0 Å². The molecule has 184 valence electrons. The maximum atomic E-state index is 13.9. The van der Waals surface area contributed by atoms with E-state index in [2.05, 4.69) is 50.3 Å². The molecular weight excluding hydrogens is 530 g/mol. The summed E-state index contributed by atoms with van der Waals surface area (Å²) in [7, 11) is 0. The molecule has 3 heterocycles. The zero-order valence-electron chi connectivity index (χ0n) is 20.2. The smallest absolute Gasteiger partial charge is 0.318 e. The molecule has 8 heteroatoms. The fourth-order valence-corrected chi connectivity index (χ4v) is 5.17. The number of hydrogen-bond donors (Lipinski definition) is 0. The van der Waals surface area contributed by atoms with E-state index in [1.807, 2.05) is 77.1 Å². The summed E-state index contributed by atoms with van der Waals surface area (Å²) >= 11 is 3.45. The summed E-state index contributed by atoms with van der Waals surface area (Å²) in [5, 5.41) is 4.16. The molecule has 6 rings (SSSR count). The van der Waals surface area contributed by atoms with Crippen LogP contribution in [0.4, 0.5) is 6.01 Å². The highest BCUT2D eigenvalue weighted by Gasteiger charge is 2.28. The van der Waals surface area contributed by atoms with Gasteiger partial charge in [0.1, 0.15) is 5.82 Å². The van der Waals surface area contributed by atoms with Crippen molar-refractivity contribution in [1.82, 2.24) is 19.7 Å². The van der Waals surface area contributed by atoms with E-state index in [9.17, 15) is 4.79 Å². The van der Waals surface area contributed by atoms with Gasteiger partial charge in [-0.15, -0.1) is 0 Å². The topological polar surface area (TPSA) is 77.1 Å². The predicted molar refractivity (Wildman–Crippen MR) is 146 cm³/mol. The van der Waals surface area contributed by atoms with E-state index >= 15 is 0 Å². The summed E-state index contributed by atoms with van der Waals surface area (Å²) in [6.45, 7) is 2.93. The quantitative estimate of drug-likeness (QED) is 0.283. The van der Waals surface area contributed by atoms with Crippen LogP contribution < -0.4 is 10.5 Å². The van der Waals surface area contributed by atoms with Crippen molar-refractivity contribution in [3.8, 4) is 11.4 Å². The monoisotopic (exact) mass is 553 g/mol. The molecule has 0 radical (unpaired) electrons. The minimum absolute atomic E-state index is 0.000867. The van der Waals surface area contributed by atoms with Crippen LogP contribution in [0.3, 0.4) is 0 Å². The van der Waals surface area contributed by atoms with Gasteiger partial charge in [0, 0.05) is 22.1 Å². The molecule has 7 nitrogen and oxygen atoms in total. The first-order valence-corrected chi connectivity index (χ1v) is 12.9. The highest BCUT2D eigenvalue weighted by molar-refractivity contribution is 9.10. The molecule has 0 saturated carbocycles. The van der Waals surface area contributed by atoms with Gasteiger partial charge in [-0.1, -0.05) is 81.8 Å². The van der Waals surface area contributed by atoms with E-state index in [0.29, 0.717) is 37.2 Å². The molecule has 0 bridgehead atoms. The Labute approximate surface area is 222 Å². The van der Waals surface area contributed by atoms with Crippen LogP contribution in [-0.2, 0) is 13.0 Å². The number of benzene rings is 3. The van der Waals surface area contributed by atoms with Crippen molar-refractivity contribution in [3.63, 3.8) is 0 Å². The lowest BCUT2D eigenvalue weighted by Crippen LogP contribution is -2.40. The Morgan fingerprint density at radius 2 is 1.54 bits per heavy atom. The first-order chi connectivity index (χ1) is 18.1. The highest BCUT2D eigenvalue weighted by Crippen LogP contribution is 2.29. The van der Waals surface area contributed by atoms with Gasteiger partial charge in [0.2, 0.25) is 5.82 Å². The van der Waals surface area contributed by atoms with Crippen LogP contribution in [0.15, 0.2) is 98.7 Å². The largest absolute Gasteiger partial charge is 0.324 e. The van der Waals surface area contributed by atoms with Crippen molar-refractivity contribution in [3.05, 3.63) is 128 Å². The third-order valence-electron chi connectivity index (χ3n) is 6.72. The Balaban J connectivity index is 1.35. The molecular formula is C29H24BrN5O2. The van der Waals surface area contributed by atoms with Crippen LogP contribution in [0.5, 0.6) is 0 Å². The van der Waals surface area contributed by atoms with Gasteiger partial charge in [-0.25, -0.2) is 4.98 Å². The molecule has 0 aliphatic carbocycles. The molecule has 1 aliphatic heterocycles. The second kappa shape index (κ2) is 9.78. The summed E-state index contributed by atoms with van der Waals surface area (Å²) in [6, 6.07) is 28.2. The Hall–Kier alpha value is -4.04. The summed E-state index contributed by atoms with van der Waals surface area (Å²) in [4.78, 5) is 25.4. The fraction of sp³-hybridized carbons (Fsp3) is 0.172. The average Bonchev–Trinajstić information content (AvgIpc) is 3.42. The molecule has 0 saturated heterocycles. The minimum atomic E-state index is -0.255. The van der Waals surface area contributed by atoms with Gasteiger partial charge < -0.3 is 9.42 Å². The Morgan fingerprint density at radius 3 is 2.19 bits per heavy atom. The lowest BCUT2D eigenvalue weighted by Gasteiger charge is -2.29. The second-order valence-corrected chi connectivity index (χ2v) is 9.98. The summed E-state index contributed by atoms with van der Waals surface area (Å²) < 4.78 is 8.40. The number of nitrogens with zero attached hydrogens (tertiary/aromatic N) is 5. The van der Waals surface area contributed by atoms with Gasteiger partial charge in [-0.05, 0) is 48.7 Å². The van der Waals surface area contributed by atoms with Gasteiger partial charge in [0.25, 0.3) is 5.56 Å². The zero-order valence-corrected chi connectivity index (χ0v) is 21.8. The van der Waals surface area contributed by atoms with Gasteiger partial charge in [-0.3, -0.25) is 9.36 Å². The van der Waals surface area contributed by atoms with Crippen molar-refractivity contribution < 1.29 is 4.52 Å². The maximum Gasteiger partial charge on any atom is 0.324 e. The van der Waals surface area contributed by atoms with E-state index in [1.54, 1.807) is 0 Å². The van der Waals surface area contributed by atoms with Crippen LogP contribution in [-0.4, -0.2) is 26.2 Å². The Kier molecular flexibility index (Phi) is 6.18. The third kappa shape index (κ3) is 4.49. The molecule has 0 amide bonds. The van der Waals surface area contributed by atoms with Crippen molar-refractivity contribution in [1.29, 1.82) is 0 Å². The molecule has 37 heavy (non-hydrogen) atoms. The first-order valence-electron chi connectivity index (χ1n) is 12.1. The molecule has 2 aromatic heterocycles. The number of hydrogen-bond acceptors (Lipinski definition) is 6. The third-order valence-corrected chi connectivity index (χ3v) is 7.25. The van der Waals surface area contributed by atoms with Crippen LogP contribution in [0.2, 0.25) is 0 Å². The normalized spacial score (nSPS) is 13.1. The fourth-order valence-electron chi connectivity index (χ4n) is 4.91. The van der Waals surface area contributed by atoms with Crippen LogP contribution in [0.25, 0.3) is 11.4 Å². The molecule has 0 N–H and O–H groups in total. The number of aryl methyl sites for hydroxylation is 1. The Bertz CT molecular complexity index is 1560. The SMILES string of the molecule is Cc1nc2c(c(=O)n1C(c1ccccc1)c1ccccc1)CCN(c1nc(-c3ccc(Br)cc3)no1)C2. The predicted octanol–water partition coefficient (Wildman–Crippen LogP) is 5.56. The number of halogens is 1. The summed E-state index contributed by atoms with van der Waals surface area (Å²) in [6.07, 6.45) is 0.549. The standard InChI is InChI=1S/C29H24BrN5O2/c1-19-31-25-18-34(29-32-27(33-37-29)22-12-14-23(30)15-13-22)17-16-24(25)28(36)35(19)26(20-8-4-2-5-9-20)21-10-6-3-7-11-21/h2-15,26H,16-18H2,1H3.